The predicted octanol–water partition coefficient (Wildman–Crippen LogP) is 3.58. The highest BCUT2D eigenvalue weighted by molar-refractivity contribution is 7.15. The highest BCUT2D eigenvalue weighted by Crippen LogP contribution is 2.13. The van der Waals surface area contributed by atoms with E-state index < -0.39 is 0 Å². The maximum atomic E-state index is 12.4. The third kappa shape index (κ3) is 3.03. The largest absolute Gasteiger partial charge is 0.291 e. The number of thiophene rings is 1. The number of hydrogen-bond donors (Lipinski definition) is 0. The van der Waals surface area contributed by atoms with Gasteiger partial charge in [-0.3, -0.25) is 4.79 Å². The van der Waals surface area contributed by atoms with E-state index in [1.54, 1.807) is 23.5 Å². The molecule has 0 radical (unpaired) electrons. The quantitative estimate of drug-likeness (QED) is 0.553. The molecule has 0 N–H and O–H groups in total. The van der Waals surface area contributed by atoms with Crippen molar-refractivity contribution in [2.45, 2.75) is 0 Å². The molecule has 0 spiro atoms. The van der Waals surface area contributed by atoms with Crippen molar-refractivity contribution in [3.63, 3.8) is 0 Å². The summed E-state index contributed by atoms with van der Waals surface area (Å²) in [6, 6.07) is 11.4. The first kappa shape index (κ1) is 15.3. The summed E-state index contributed by atoms with van der Waals surface area (Å²) in [6.07, 6.45) is 5.55. The Labute approximate surface area is 150 Å². The van der Waals surface area contributed by atoms with Crippen molar-refractivity contribution >= 4 is 57.5 Å². The van der Waals surface area contributed by atoms with E-state index in [1.165, 1.54) is 15.9 Å². The van der Waals surface area contributed by atoms with Crippen LogP contribution in [-0.4, -0.2) is 14.6 Å². The first-order valence-corrected chi connectivity index (χ1v) is 9.15. The van der Waals surface area contributed by atoms with Crippen LogP contribution in [0.5, 0.6) is 0 Å². The first-order valence-electron chi connectivity index (χ1n) is 7.07. The van der Waals surface area contributed by atoms with Gasteiger partial charge in [0.05, 0.1) is 4.53 Å². The van der Waals surface area contributed by atoms with Crippen molar-refractivity contribution in [3.05, 3.63) is 78.0 Å². The van der Waals surface area contributed by atoms with Gasteiger partial charge in [-0.2, -0.15) is 9.50 Å². The summed E-state index contributed by atoms with van der Waals surface area (Å²) in [5.41, 5.74) is 0.708. The van der Waals surface area contributed by atoms with E-state index in [4.69, 9.17) is 11.6 Å². The molecule has 0 saturated heterocycles. The van der Waals surface area contributed by atoms with Gasteiger partial charge >= 0.3 is 0 Å². The van der Waals surface area contributed by atoms with Gasteiger partial charge in [0.1, 0.15) is 0 Å². The maximum Gasteiger partial charge on any atom is 0.291 e. The number of aromatic nitrogens is 3. The number of nitrogens with zero attached hydrogens (tertiary/aromatic N) is 3. The third-order valence-electron chi connectivity index (χ3n) is 3.28. The van der Waals surface area contributed by atoms with Crippen molar-refractivity contribution < 1.29 is 0 Å². The molecule has 0 amide bonds. The average molecular weight is 372 g/mol. The van der Waals surface area contributed by atoms with Crippen molar-refractivity contribution in [1.82, 2.24) is 14.6 Å². The van der Waals surface area contributed by atoms with Crippen LogP contribution < -0.4 is 10.1 Å². The lowest BCUT2D eigenvalue weighted by atomic mass is 10.2. The molecule has 0 atom stereocenters. The molecule has 3 heterocycles. The molecule has 4 aromatic rings. The second kappa shape index (κ2) is 6.32. The summed E-state index contributed by atoms with van der Waals surface area (Å²) >= 11 is 8.93. The maximum absolute atomic E-state index is 12.4. The Morgan fingerprint density at radius 2 is 2.08 bits per heavy atom. The van der Waals surface area contributed by atoms with Crippen LogP contribution in [0.15, 0.2) is 46.6 Å². The first-order chi connectivity index (χ1) is 11.7. The SMILES string of the molecule is O=c1c(=Cc2cccc(Cl)c2)sc2nc(C=Cc3cccs3)nn12. The van der Waals surface area contributed by atoms with Crippen LogP contribution in [0.1, 0.15) is 16.3 Å². The summed E-state index contributed by atoms with van der Waals surface area (Å²) in [7, 11) is 0. The van der Waals surface area contributed by atoms with Gasteiger partial charge in [0.15, 0.2) is 5.82 Å². The van der Waals surface area contributed by atoms with E-state index in [1.807, 2.05) is 47.9 Å². The molecule has 4 nitrogen and oxygen atoms in total. The minimum Gasteiger partial charge on any atom is -0.266 e. The summed E-state index contributed by atoms with van der Waals surface area (Å²) in [4.78, 5) is 18.5. The Bertz CT molecular complexity index is 1140. The summed E-state index contributed by atoms with van der Waals surface area (Å²) < 4.78 is 1.93. The lowest BCUT2D eigenvalue weighted by Crippen LogP contribution is -2.23. The van der Waals surface area contributed by atoms with Crippen molar-refractivity contribution in [1.29, 1.82) is 0 Å². The number of rotatable bonds is 3. The third-order valence-corrected chi connectivity index (χ3v) is 5.32. The number of benzene rings is 1. The van der Waals surface area contributed by atoms with Gasteiger partial charge in [0.2, 0.25) is 4.96 Å². The number of fused-ring (bicyclic) bond motifs is 1. The van der Waals surface area contributed by atoms with E-state index in [2.05, 4.69) is 10.1 Å². The molecule has 0 bridgehead atoms. The zero-order valence-corrected chi connectivity index (χ0v) is 14.6. The van der Waals surface area contributed by atoms with E-state index in [-0.39, 0.29) is 5.56 Å². The van der Waals surface area contributed by atoms with Gasteiger partial charge in [-0.15, -0.1) is 16.4 Å². The Hall–Kier alpha value is -2.28. The zero-order chi connectivity index (χ0) is 16.5. The Balaban J connectivity index is 1.72. The summed E-state index contributed by atoms with van der Waals surface area (Å²) in [6.45, 7) is 0. The van der Waals surface area contributed by atoms with Gasteiger partial charge in [-0.25, -0.2) is 0 Å². The molecule has 0 unspecified atom stereocenters. The normalized spacial score (nSPS) is 12.6. The molecular formula is C17H10ClN3OS2. The molecule has 1 aromatic carbocycles. The minimum atomic E-state index is -0.168. The van der Waals surface area contributed by atoms with Gasteiger partial charge in [-0.1, -0.05) is 41.1 Å². The molecule has 24 heavy (non-hydrogen) atoms. The number of thiazole rings is 1. The van der Waals surface area contributed by atoms with Crippen LogP contribution in [0, 0.1) is 0 Å². The summed E-state index contributed by atoms with van der Waals surface area (Å²) in [5, 5.41) is 6.91. The number of hydrogen-bond acceptors (Lipinski definition) is 5. The lowest BCUT2D eigenvalue weighted by Gasteiger charge is -1.91. The van der Waals surface area contributed by atoms with Crippen LogP contribution in [0.25, 0.3) is 23.2 Å². The zero-order valence-electron chi connectivity index (χ0n) is 12.2. The standard InChI is InChI=1S/C17H10ClN3OS2/c18-12-4-1-3-11(9-12)10-14-16(22)21-17(24-14)19-15(20-21)7-6-13-5-2-8-23-13/h1-10H. The molecule has 0 aliphatic rings. The van der Waals surface area contributed by atoms with Crippen LogP contribution >= 0.6 is 34.3 Å². The van der Waals surface area contributed by atoms with Gasteiger partial charge < -0.3 is 0 Å². The Morgan fingerprint density at radius 1 is 1.17 bits per heavy atom. The second-order valence-corrected chi connectivity index (χ2v) is 7.41. The Morgan fingerprint density at radius 3 is 2.83 bits per heavy atom. The lowest BCUT2D eigenvalue weighted by molar-refractivity contribution is 0.925. The molecule has 0 aliphatic heterocycles. The van der Waals surface area contributed by atoms with Crippen molar-refractivity contribution in [2.24, 2.45) is 0 Å². The van der Waals surface area contributed by atoms with Gasteiger partial charge in [0.25, 0.3) is 5.56 Å². The molecule has 4 rings (SSSR count). The summed E-state index contributed by atoms with van der Waals surface area (Å²) in [5.74, 6) is 0.529. The predicted molar refractivity (Wildman–Crippen MR) is 101 cm³/mol. The molecule has 0 saturated carbocycles. The average Bonchev–Trinajstić information content (AvgIpc) is 3.25. The van der Waals surface area contributed by atoms with E-state index >= 15 is 0 Å². The monoisotopic (exact) mass is 371 g/mol. The van der Waals surface area contributed by atoms with Crippen LogP contribution in [0.4, 0.5) is 0 Å². The smallest absolute Gasteiger partial charge is 0.266 e. The topological polar surface area (TPSA) is 47.3 Å². The molecule has 118 valence electrons. The van der Waals surface area contributed by atoms with Crippen LogP contribution in [0.2, 0.25) is 5.02 Å². The molecule has 7 heteroatoms. The van der Waals surface area contributed by atoms with Gasteiger partial charge in [0, 0.05) is 9.90 Å². The highest BCUT2D eigenvalue weighted by Gasteiger charge is 2.08. The fourth-order valence-corrected chi connectivity index (χ4v) is 3.94. The molecule has 0 aliphatic carbocycles. The molecule has 3 aromatic heterocycles. The molecule has 0 fully saturated rings. The fourth-order valence-electron chi connectivity index (χ4n) is 2.21. The fraction of sp³-hybridized carbons (Fsp3) is 0. The van der Waals surface area contributed by atoms with E-state index in [9.17, 15) is 4.79 Å². The van der Waals surface area contributed by atoms with Crippen molar-refractivity contribution in [2.75, 3.05) is 0 Å². The number of halogens is 1. The van der Waals surface area contributed by atoms with Crippen LogP contribution in [0.3, 0.4) is 0 Å². The molecular weight excluding hydrogens is 362 g/mol. The second-order valence-electron chi connectivity index (χ2n) is 4.98. The van der Waals surface area contributed by atoms with E-state index in [0.717, 1.165) is 10.4 Å². The van der Waals surface area contributed by atoms with Gasteiger partial charge in [-0.05, 0) is 47.4 Å². The minimum absolute atomic E-state index is 0.168. The van der Waals surface area contributed by atoms with E-state index in [0.29, 0.717) is 20.3 Å². The Kier molecular flexibility index (Phi) is 4.02. The van der Waals surface area contributed by atoms with Crippen LogP contribution in [-0.2, 0) is 0 Å². The van der Waals surface area contributed by atoms with Crippen molar-refractivity contribution in [3.8, 4) is 0 Å². The highest BCUT2D eigenvalue weighted by atomic mass is 35.5.